The molecule has 0 aliphatic rings. The number of hydrogen-bond acceptors (Lipinski definition) is 3. The van der Waals surface area contributed by atoms with E-state index in [1.165, 1.54) is 11.1 Å². The van der Waals surface area contributed by atoms with Crippen molar-refractivity contribution in [3.8, 4) is 0 Å². The van der Waals surface area contributed by atoms with Gasteiger partial charge in [-0.3, -0.25) is 9.78 Å². The van der Waals surface area contributed by atoms with Gasteiger partial charge in [0.15, 0.2) is 0 Å². The van der Waals surface area contributed by atoms with Crippen LogP contribution >= 0.6 is 11.8 Å². The number of nitrogens with zero attached hydrogens (tertiary/aromatic N) is 1. The van der Waals surface area contributed by atoms with Crippen molar-refractivity contribution in [2.75, 3.05) is 6.54 Å². The zero-order chi connectivity index (χ0) is 19.8. The largest absolute Gasteiger partial charge is 0.351 e. The van der Waals surface area contributed by atoms with Crippen LogP contribution in [0.4, 0.5) is 0 Å². The summed E-state index contributed by atoms with van der Waals surface area (Å²) in [7, 11) is 0. The van der Waals surface area contributed by atoms with E-state index in [4.69, 9.17) is 0 Å². The Morgan fingerprint density at radius 3 is 2.39 bits per heavy atom. The summed E-state index contributed by atoms with van der Waals surface area (Å²) >= 11 is 1.74. The van der Waals surface area contributed by atoms with Crippen LogP contribution in [-0.2, 0) is 5.75 Å². The maximum Gasteiger partial charge on any atom is 0.251 e. The molecule has 0 aliphatic heterocycles. The molecular formula is C24H26N2OS. The Hall–Kier alpha value is -2.59. The molecule has 1 N–H and O–H groups in total. The lowest BCUT2D eigenvalue weighted by Crippen LogP contribution is -2.30. The van der Waals surface area contributed by atoms with Crippen molar-refractivity contribution in [1.29, 1.82) is 0 Å². The number of rotatable bonds is 8. The highest BCUT2D eigenvalue weighted by Crippen LogP contribution is 2.24. The van der Waals surface area contributed by atoms with Crippen molar-refractivity contribution in [2.45, 2.75) is 30.4 Å². The maximum absolute atomic E-state index is 12.6. The lowest BCUT2D eigenvalue weighted by Gasteiger charge is -2.22. The molecule has 0 saturated carbocycles. The van der Waals surface area contributed by atoms with Gasteiger partial charge in [-0.25, -0.2) is 0 Å². The number of amides is 1. The molecule has 0 aliphatic carbocycles. The SMILES string of the molecule is CC(C)C(CNC(=O)c1ccc(SCc2cccnc2)cc1)c1ccccc1. The third-order valence-electron chi connectivity index (χ3n) is 4.76. The van der Waals surface area contributed by atoms with Crippen molar-refractivity contribution in [2.24, 2.45) is 5.92 Å². The maximum atomic E-state index is 12.6. The van der Waals surface area contributed by atoms with Gasteiger partial charge in [0.05, 0.1) is 0 Å². The molecule has 3 aromatic rings. The van der Waals surface area contributed by atoms with Gasteiger partial charge < -0.3 is 5.32 Å². The molecule has 0 spiro atoms. The third-order valence-corrected chi connectivity index (χ3v) is 5.84. The number of hydrogen-bond donors (Lipinski definition) is 1. The van der Waals surface area contributed by atoms with E-state index in [1.807, 2.05) is 42.6 Å². The zero-order valence-corrected chi connectivity index (χ0v) is 17.2. The second kappa shape index (κ2) is 10.1. The van der Waals surface area contributed by atoms with Crippen LogP contribution in [0.2, 0.25) is 0 Å². The van der Waals surface area contributed by atoms with E-state index in [0.29, 0.717) is 23.9 Å². The first-order chi connectivity index (χ1) is 13.6. The molecular weight excluding hydrogens is 364 g/mol. The van der Waals surface area contributed by atoms with Crippen LogP contribution in [0.1, 0.15) is 41.3 Å². The quantitative estimate of drug-likeness (QED) is 0.513. The number of nitrogens with one attached hydrogen (secondary N) is 1. The number of aromatic nitrogens is 1. The molecule has 1 unspecified atom stereocenters. The second-order valence-electron chi connectivity index (χ2n) is 7.15. The standard InChI is InChI=1S/C24H26N2OS/c1-18(2)23(20-8-4-3-5-9-20)16-26-24(27)21-10-12-22(13-11-21)28-17-19-7-6-14-25-15-19/h3-15,18,23H,16-17H2,1-2H3,(H,26,27). The Morgan fingerprint density at radius 1 is 1.00 bits per heavy atom. The highest BCUT2D eigenvalue weighted by Gasteiger charge is 2.17. The fourth-order valence-electron chi connectivity index (χ4n) is 3.10. The average molecular weight is 391 g/mol. The van der Waals surface area contributed by atoms with Gasteiger partial charge in [0, 0.05) is 41.1 Å². The van der Waals surface area contributed by atoms with E-state index in [0.717, 1.165) is 10.6 Å². The normalized spacial score (nSPS) is 12.0. The Balaban J connectivity index is 1.55. The Labute approximate surface area is 171 Å². The fourth-order valence-corrected chi connectivity index (χ4v) is 3.93. The zero-order valence-electron chi connectivity index (χ0n) is 16.3. The summed E-state index contributed by atoms with van der Waals surface area (Å²) in [5, 5.41) is 3.10. The van der Waals surface area contributed by atoms with Gasteiger partial charge >= 0.3 is 0 Å². The lowest BCUT2D eigenvalue weighted by molar-refractivity contribution is 0.0949. The number of thioether (sulfide) groups is 1. The Bertz CT molecular complexity index is 864. The molecule has 1 heterocycles. The van der Waals surface area contributed by atoms with Crippen LogP contribution in [0.25, 0.3) is 0 Å². The lowest BCUT2D eigenvalue weighted by atomic mass is 9.88. The summed E-state index contributed by atoms with van der Waals surface area (Å²) < 4.78 is 0. The Morgan fingerprint density at radius 2 is 1.75 bits per heavy atom. The van der Waals surface area contributed by atoms with E-state index in [1.54, 1.807) is 18.0 Å². The second-order valence-corrected chi connectivity index (χ2v) is 8.19. The van der Waals surface area contributed by atoms with Crippen LogP contribution in [-0.4, -0.2) is 17.4 Å². The molecule has 3 rings (SSSR count). The molecule has 0 bridgehead atoms. The molecule has 1 atom stereocenters. The van der Waals surface area contributed by atoms with E-state index in [-0.39, 0.29) is 5.91 Å². The van der Waals surface area contributed by atoms with Crippen LogP contribution in [0.5, 0.6) is 0 Å². The molecule has 1 amide bonds. The first-order valence-corrected chi connectivity index (χ1v) is 10.6. The van der Waals surface area contributed by atoms with Gasteiger partial charge in [0.1, 0.15) is 0 Å². The number of benzene rings is 2. The topological polar surface area (TPSA) is 42.0 Å². The van der Waals surface area contributed by atoms with Crippen LogP contribution in [0.15, 0.2) is 84.0 Å². The van der Waals surface area contributed by atoms with Crippen molar-refractivity contribution in [3.05, 3.63) is 95.8 Å². The van der Waals surface area contributed by atoms with Crippen molar-refractivity contribution in [3.63, 3.8) is 0 Å². The van der Waals surface area contributed by atoms with Gasteiger partial charge in [0.2, 0.25) is 0 Å². The van der Waals surface area contributed by atoms with Crippen molar-refractivity contribution in [1.82, 2.24) is 10.3 Å². The molecule has 28 heavy (non-hydrogen) atoms. The van der Waals surface area contributed by atoms with E-state index < -0.39 is 0 Å². The summed E-state index contributed by atoms with van der Waals surface area (Å²) in [5.41, 5.74) is 3.15. The highest BCUT2D eigenvalue weighted by atomic mass is 32.2. The average Bonchev–Trinajstić information content (AvgIpc) is 2.74. The summed E-state index contributed by atoms with van der Waals surface area (Å²) in [6.45, 7) is 5.02. The molecule has 3 nitrogen and oxygen atoms in total. The highest BCUT2D eigenvalue weighted by molar-refractivity contribution is 7.98. The Kier molecular flexibility index (Phi) is 7.26. The van der Waals surface area contributed by atoms with Crippen LogP contribution < -0.4 is 5.32 Å². The molecule has 144 valence electrons. The summed E-state index contributed by atoms with van der Waals surface area (Å²) in [4.78, 5) is 17.8. The minimum atomic E-state index is -0.0228. The number of carbonyl (C=O) groups is 1. The first-order valence-electron chi connectivity index (χ1n) is 9.58. The molecule has 0 radical (unpaired) electrons. The van der Waals surface area contributed by atoms with Crippen LogP contribution in [0, 0.1) is 5.92 Å². The van der Waals surface area contributed by atoms with Gasteiger partial charge in [-0.05, 0) is 47.4 Å². The van der Waals surface area contributed by atoms with E-state index >= 15 is 0 Å². The predicted molar refractivity (Wildman–Crippen MR) is 117 cm³/mol. The molecule has 1 aromatic heterocycles. The first kappa shape index (κ1) is 20.2. The summed E-state index contributed by atoms with van der Waals surface area (Å²) in [6.07, 6.45) is 3.66. The minimum Gasteiger partial charge on any atom is -0.351 e. The predicted octanol–water partition coefficient (Wildman–Crippen LogP) is 5.54. The van der Waals surface area contributed by atoms with Gasteiger partial charge in [-0.1, -0.05) is 50.2 Å². The summed E-state index contributed by atoms with van der Waals surface area (Å²) in [6, 6.07) is 22.2. The van der Waals surface area contributed by atoms with Gasteiger partial charge in [-0.2, -0.15) is 0 Å². The monoisotopic (exact) mass is 390 g/mol. The molecule has 4 heteroatoms. The van der Waals surface area contributed by atoms with Gasteiger partial charge in [-0.15, -0.1) is 11.8 Å². The third kappa shape index (κ3) is 5.70. The van der Waals surface area contributed by atoms with Crippen LogP contribution in [0.3, 0.4) is 0 Å². The smallest absolute Gasteiger partial charge is 0.251 e. The number of carbonyl (C=O) groups excluding carboxylic acids is 1. The van der Waals surface area contributed by atoms with Crippen molar-refractivity contribution < 1.29 is 4.79 Å². The summed E-state index contributed by atoms with van der Waals surface area (Å²) in [5.74, 6) is 1.60. The van der Waals surface area contributed by atoms with E-state index in [9.17, 15) is 4.79 Å². The minimum absolute atomic E-state index is 0.0228. The van der Waals surface area contributed by atoms with Gasteiger partial charge in [0.25, 0.3) is 5.91 Å². The number of pyridine rings is 1. The molecule has 0 fully saturated rings. The molecule has 2 aromatic carbocycles. The fraction of sp³-hybridized carbons (Fsp3) is 0.250. The van der Waals surface area contributed by atoms with Crippen molar-refractivity contribution >= 4 is 17.7 Å². The van der Waals surface area contributed by atoms with E-state index in [2.05, 4.69) is 54.5 Å². The molecule has 0 saturated heterocycles.